The molecule has 0 heterocycles. The fourth-order valence-electron chi connectivity index (χ4n) is 6.04. The first-order valence-corrected chi connectivity index (χ1v) is 25.1. The SMILES string of the molecule is CC/C=C\C/C=C\C/C=C\C/C=C\C/C=C\CCCCCCCCCCCC(=O)NC(COP(=O)(O)OCC[N+](C)(C)C)C(O)/C=C/CC/C=C/CC/C=C/CCCCC. The molecule has 60 heavy (non-hydrogen) atoms. The molecule has 0 aliphatic heterocycles. The summed E-state index contributed by atoms with van der Waals surface area (Å²) in [5.74, 6) is -0.204. The van der Waals surface area contributed by atoms with Crippen LogP contribution in [0.3, 0.4) is 0 Å². The Labute approximate surface area is 369 Å². The molecule has 0 aromatic heterocycles. The lowest BCUT2D eigenvalue weighted by atomic mass is 10.1. The molecule has 0 bridgehead atoms. The number of likely N-dealkylation sites (N-methyl/N-ethyl adjacent to an activating group) is 1. The zero-order valence-corrected chi connectivity index (χ0v) is 39.8. The average molecular weight is 858 g/mol. The first-order valence-electron chi connectivity index (χ1n) is 23.6. The summed E-state index contributed by atoms with van der Waals surface area (Å²) < 4.78 is 23.5. The Kier molecular flexibility index (Phi) is 40.0. The molecule has 8 nitrogen and oxygen atoms in total. The highest BCUT2D eigenvalue weighted by atomic mass is 31.2. The third-order valence-corrected chi connectivity index (χ3v) is 10.7. The van der Waals surface area contributed by atoms with Crippen LogP contribution in [0.2, 0.25) is 0 Å². The molecule has 1 amide bonds. The number of allylic oxidation sites excluding steroid dienone is 15. The molecule has 0 saturated carbocycles. The predicted molar refractivity (Wildman–Crippen MR) is 258 cm³/mol. The maximum absolute atomic E-state index is 12.9. The van der Waals surface area contributed by atoms with E-state index in [9.17, 15) is 19.4 Å². The molecule has 0 fully saturated rings. The number of hydrogen-bond acceptors (Lipinski definition) is 5. The van der Waals surface area contributed by atoms with Gasteiger partial charge in [0.2, 0.25) is 5.91 Å². The van der Waals surface area contributed by atoms with Crippen LogP contribution in [0.25, 0.3) is 0 Å². The van der Waals surface area contributed by atoms with Crippen molar-refractivity contribution >= 4 is 13.7 Å². The Bertz CT molecular complexity index is 1290. The Hall–Kier alpha value is -2.58. The van der Waals surface area contributed by atoms with Gasteiger partial charge in [0.25, 0.3) is 0 Å². The number of phosphoric acid groups is 1. The fraction of sp³-hybridized carbons (Fsp3) is 0.667. The summed E-state index contributed by atoms with van der Waals surface area (Å²) in [4.78, 5) is 23.1. The van der Waals surface area contributed by atoms with Crippen molar-refractivity contribution in [3.05, 3.63) is 97.2 Å². The van der Waals surface area contributed by atoms with Crippen molar-refractivity contribution in [2.75, 3.05) is 40.9 Å². The minimum absolute atomic E-state index is 0.0470. The number of amides is 1. The number of nitrogens with one attached hydrogen (secondary N) is 1. The van der Waals surface area contributed by atoms with E-state index < -0.39 is 20.0 Å². The Balaban J connectivity index is 4.36. The van der Waals surface area contributed by atoms with Crippen LogP contribution >= 0.6 is 7.82 Å². The highest BCUT2D eigenvalue weighted by Crippen LogP contribution is 2.43. The van der Waals surface area contributed by atoms with Gasteiger partial charge in [-0.3, -0.25) is 13.8 Å². The van der Waals surface area contributed by atoms with Crippen LogP contribution in [-0.2, 0) is 18.4 Å². The van der Waals surface area contributed by atoms with Gasteiger partial charge >= 0.3 is 7.82 Å². The van der Waals surface area contributed by atoms with E-state index >= 15 is 0 Å². The van der Waals surface area contributed by atoms with Crippen molar-refractivity contribution in [1.82, 2.24) is 5.32 Å². The summed E-state index contributed by atoms with van der Waals surface area (Å²) in [6.45, 7) is 4.61. The number of carbonyl (C=O) groups is 1. The molecule has 0 saturated heterocycles. The molecular formula is C51H90N2O6P+. The topological polar surface area (TPSA) is 105 Å². The molecular weight excluding hydrogens is 768 g/mol. The lowest BCUT2D eigenvalue weighted by molar-refractivity contribution is -0.870. The lowest BCUT2D eigenvalue weighted by Gasteiger charge is -2.25. The van der Waals surface area contributed by atoms with E-state index in [2.05, 4.69) is 104 Å². The number of carbonyl (C=O) groups excluding carboxylic acids is 1. The Morgan fingerprint density at radius 2 is 1.02 bits per heavy atom. The van der Waals surface area contributed by atoms with Crippen LogP contribution in [-0.4, -0.2) is 73.4 Å². The van der Waals surface area contributed by atoms with Crippen molar-refractivity contribution < 1.29 is 32.9 Å². The molecule has 3 N–H and O–H groups in total. The first-order chi connectivity index (χ1) is 29.0. The summed E-state index contributed by atoms with van der Waals surface area (Å²) in [5, 5.41) is 13.8. The largest absolute Gasteiger partial charge is 0.472 e. The molecule has 3 atom stereocenters. The van der Waals surface area contributed by atoms with Crippen LogP contribution in [0.4, 0.5) is 0 Å². The minimum atomic E-state index is -4.36. The second kappa shape index (κ2) is 41.8. The van der Waals surface area contributed by atoms with Crippen molar-refractivity contribution in [2.24, 2.45) is 0 Å². The molecule has 344 valence electrons. The summed E-state index contributed by atoms with van der Waals surface area (Å²) in [7, 11) is 1.52. The van der Waals surface area contributed by atoms with Gasteiger partial charge in [0.05, 0.1) is 39.9 Å². The zero-order valence-electron chi connectivity index (χ0n) is 38.9. The molecule has 3 unspecified atom stereocenters. The lowest BCUT2D eigenvalue weighted by Crippen LogP contribution is -2.45. The summed E-state index contributed by atoms with van der Waals surface area (Å²) in [6, 6.07) is -0.878. The molecule has 0 spiro atoms. The van der Waals surface area contributed by atoms with Gasteiger partial charge in [-0.15, -0.1) is 0 Å². The first kappa shape index (κ1) is 57.4. The molecule has 9 heteroatoms. The third kappa shape index (κ3) is 43.5. The monoisotopic (exact) mass is 858 g/mol. The van der Waals surface area contributed by atoms with Gasteiger partial charge in [0, 0.05) is 6.42 Å². The number of rotatable bonds is 41. The van der Waals surface area contributed by atoms with Crippen LogP contribution in [0.15, 0.2) is 97.2 Å². The number of aliphatic hydroxyl groups is 1. The summed E-state index contributed by atoms with van der Waals surface area (Å²) in [5.41, 5.74) is 0. The number of quaternary nitrogens is 1. The van der Waals surface area contributed by atoms with Gasteiger partial charge in [-0.05, 0) is 89.9 Å². The average Bonchev–Trinajstić information content (AvgIpc) is 3.20. The van der Waals surface area contributed by atoms with Crippen molar-refractivity contribution in [3.8, 4) is 0 Å². The number of nitrogens with zero attached hydrogens (tertiary/aromatic N) is 1. The molecule has 0 aliphatic rings. The van der Waals surface area contributed by atoms with Crippen molar-refractivity contribution in [3.63, 3.8) is 0 Å². The van der Waals surface area contributed by atoms with Gasteiger partial charge in [-0.1, -0.05) is 169 Å². The Morgan fingerprint density at radius 3 is 1.53 bits per heavy atom. The summed E-state index contributed by atoms with van der Waals surface area (Å²) >= 11 is 0. The van der Waals surface area contributed by atoms with Crippen LogP contribution in [0.5, 0.6) is 0 Å². The van der Waals surface area contributed by atoms with E-state index in [-0.39, 0.29) is 19.1 Å². The zero-order chi connectivity index (χ0) is 44.3. The van der Waals surface area contributed by atoms with Crippen molar-refractivity contribution in [2.45, 2.75) is 180 Å². The highest BCUT2D eigenvalue weighted by molar-refractivity contribution is 7.47. The van der Waals surface area contributed by atoms with E-state index in [1.165, 1.54) is 57.8 Å². The van der Waals surface area contributed by atoms with Gasteiger partial charge in [-0.25, -0.2) is 4.57 Å². The fourth-order valence-corrected chi connectivity index (χ4v) is 6.77. The number of unbranched alkanes of at least 4 members (excludes halogenated alkanes) is 14. The molecule has 0 aliphatic carbocycles. The molecule has 0 aromatic carbocycles. The van der Waals surface area contributed by atoms with E-state index in [0.29, 0.717) is 17.4 Å². The van der Waals surface area contributed by atoms with Gasteiger partial charge < -0.3 is 19.8 Å². The van der Waals surface area contributed by atoms with E-state index in [0.717, 1.165) is 89.9 Å². The maximum Gasteiger partial charge on any atom is 0.472 e. The van der Waals surface area contributed by atoms with Gasteiger partial charge in [0.1, 0.15) is 13.2 Å². The molecule has 0 aromatic rings. The van der Waals surface area contributed by atoms with E-state index in [1.54, 1.807) is 6.08 Å². The normalized spacial score (nSPS) is 15.1. The van der Waals surface area contributed by atoms with Crippen LogP contribution in [0.1, 0.15) is 168 Å². The predicted octanol–water partition coefficient (Wildman–Crippen LogP) is 13.5. The number of aliphatic hydroxyl groups excluding tert-OH is 1. The second-order valence-electron chi connectivity index (χ2n) is 16.7. The smallest absolute Gasteiger partial charge is 0.387 e. The Morgan fingerprint density at radius 1 is 0.583 bits per heavy atom. The highest BCUT2D eigenvalue weighted by Gasteiger charge is 2.27. The second-order valence-corrected chi connectivity index (χ2v) is 18.2. The third-order valence-electron chi connectivity index (χ3n) is 9.77. The number of phosphoric ester groups is 1. The number of hydrogen-bond donors (Lipinski definition) is 3. The van der Waals surface area contributed by atoms with E-state index in [1.807, 2.05) is 27.2 Å². The maximum atomic E-state index is 12.9. The quantitative estimate of drug-likeness (QED) is 0.0245. The van der Waals surface area contributed by atoms with Crippen LogP contribution < -0.4 is 5.32 Å². The molecule has 0 rings (SSSR count). The molecule has 0 radical (unpaired) electrons. The standard InChI is InChI=1S/C51H89N2O6P/c1-6-8-10-12-14-16-18-20-21-22-23-24-25-26-27-28-29-30-31-33-35-37-39-41-43-45-51(55)52-49(48-59-60(56,57)58-47-46-53(3,4)5)50(54)44-42-40-38-36-34-32-19-17-15-13-11-9-7-2/h8,10,14-17,20-21,23-24,26-27,34,36,42,44,49-50,54H,6-7,9,11-13,18-19,22,25,28-33,35,37-41,43,45-48H2,1-5H3,(H-,52,55,56,57)/p+1/b10-8-,16-14-,17-15+,21-20-,24-23-,27-26-,36-34+,44-42+. The van der Waals surface area contributed by atoms with Crippen LogP contribution in [0, 0.1) is 0 Å². The van der Waals surface area contributed by atoms with Gasteiger partial charge in [-0.2, -0.15) is 0 Å². The van der Waals surface area contributed by atoms with E-state index in [4.69, 9.17) is 9.05 Å². The minimum Gasteiger partial charge on any atom is -0.387 e. The van der Waals surface area contributed by atoms with Gasteiger partial charge in [0.15, 0.2) is 0 Å². The van der Waals surface area contributed by atoms with Crippen molar-refractivity contribution in [1.29, 1.82) is 0 Å². The summed E-state index contributed by atoms with van der Waals surface area (Å²) in [6.07, 6.45) is 59.1.